The fourth-order valence-electron chi connectivity index (χ4n) is 1.63. The number of rotatable bonds is 1. The van der Waals surface area contributed by atoms with E-state index in [1.807, 2.05) is 6.07 Å². The molecule has 2 rings (SSSR count). The maximum atomic E-state index is 11.6. The van der Waals surface area contributed by atoms with Gasteiger partial charge >= 0.3 is 0 Å². The van der Waals surface area contributed by atoms with Crippen LogP contribution < -0.4 is 4.90 Å². The highest BCUT2D eigenvalue weighted by molar-refractivity contribution is 6.31. The highest BCUT2D eigenvalue weighted by Gasteiger charge is 2.24. The van der Waals surface area contributed by atoms with E-state index in [0.29, 0.717) is 18.0 Å². The molecule has 1 aliphatic rings. The number of piperidine rings is 1. The number of halogens is 1. The van der Waals surface area contributed by atoms with E-state index in [2.05, 4.69) is 0 Å². The average molecular weight is 224 g/mol. The number of anilines is 1. The summed E-state index contributed by atoms with van der Waals surface area (Å²) >= 11 is 5.84. The lowest BCUT2D eigenvalue weighted by Gasteiger charge is -2.26. The Morgan fingerprint density at radius 2 is 2.07 bits per heavy atom. The number of hydrogen-bond donors (Lipinski definition) is 0. The summed E-state index contributed by atoms with van der Waals surface area (Å²) in [5.74, 6) is -0.133. The molecule has 3 nitrogen and oxygen atoms in total. The highest BCUT2D eigenvalue weighted by atomic mass is 35.5. The van der Waals surface area contributed by atoms with Crippen molar-refractivity contribution < 1.29 is 9.59 Å². The van der Waals surface area contributed by atoms with Gasteiger partial charge in [-0.05, 0) is 18.2 Å². The molecule has 1 heterocycles. The number of carbonyl (C=O) groups excluding carboxylic acids is 2. The van der Waals surface area contributed by atoms with Crippen LogP contribution in [0.3, 0.4) is 0 Å². The smallest absolute Gasteiger partial charge is 0.234 e. The van der Waals surface area contributed by atoms with Crippen molar-refractivity contribution in [3.63, 3.8) is 0 Å². The Bertz CT molecular complexity index is 417. The number of carbonyl (C=O) groups is 2. The minimum Gasteiger partial charge on any atom is -0.312 e. The summed E-state index contributed by atoms with van der Waals surface area (Å²) in [5, 5.41) is 0.595. The SMILES string of the molecule is O=C1CCN(c2cccc(Cl)c2)C(=O)C1. The Kier molecular flexibility index (Phi) is 2.73. The van der Waals surface area contributed by atoms with Gasteiger partial charge in [-0.1, -0.05) is 17.7 Å². The van der Waals surface area contributed by atoms with Crippen LogP contribution in [0.25, 0.3) is 0 Å². The van der Waals surface area contributed by atoms with Gasteiger partial charge in [0.25, 0.3) is 0 Å². The zero-order valence-corrected chi connectivity index (χ0v) is 8.83. The predicted molar refractivity (Wildman–Crippen MR) is 58.0 cm³/mol. The molecule has 4 heteroatoms. The Labute approximate surface area is 92.6 Å². The van der Waals surface area contributed by atoms with Gasteiger partial charge in [0.15, 0.2) is 0 Å². The van der Waals surface area contributed by atoms with E-state index in [1.54, 1.807) is 23.1 Å². The lowest BCUT2D eigenvalue weighted by atomic mass is 10.1. The number of ketones is 1. The Morgan fingerprint density at radius 3 is 2.73 bits per heavy atom. The molecule has 0 spiro atoms. The molecule has 1 aromatic carbocycles. The average Bonchev–Trinajstić information content (AvgIpc) is 2.17. The zero-order valence-electron chi connectivity index (χ0n) is 8.07. The van der Waals surface area contributed by atoms with Crippen LogP contribution in [-0.2, 0) is 9.59 Å². The lowest BCUT2D eigenvalue weighted by molar-refractivity contribution is -0.128. The van der Waals surface area contributed by atoms with E-state index in [9.17, 15) is 9.59 Å². The topological polar surface area (TPSA) is 37.4 Å². The second-order valence-corrected chi connectivity index (χ2v) is 3.93. The Morgan fingerprint density at radius 1 is 1.27 bits per heavy atom. The van der Waals surface area contributed by atoms with Crippen LogP contribution in [-0.4, -0.2) is 18.2 Å². The Hall–Kier alpha value is -1.35. The number of Topliss-reactive ketones (excluding diaryl/α,β-unsaturated/α-hetero) is 1. The van der Waals surface area contributed by atoms with Gasteiger partial charge in [-0.15, -0.1) is 0 Å². The fraction of sp³-hybridized carbons (Fsp3) is 0.273. The third-order valence-corrected chi connectivity index (χ3v) is 2.62. The third kappa shape index (κ3) is 2.18. The number of amides is 1. The molecule has 0 aliphatic carbocycles. The molecule has 1 fully saturated rings. The molecule has 0 aromatic heterocycles. The molecule has 1 amide bonds. The maximum absolute atomic E-state index is 11.6. The normalized spacial score (nSPS) is 17.0. The summed E-state index contributed by atoms with van der Waals surface area (Å²) in [7, 11) is 0. The second-order valence-electron chi connectivity index (χ2n) is 3.49. The van der Waals surface area contributed by atoms with Gasteiger partial charge in [-0.2, -0.15) is 0 Å². The van der Waals surface area contributed by atoms with Gasteiger partial charge in [0, 0.05) is 23.7 Å². The van der Waals surface area contributed by atoms with Crippen molar-refractivity contribution in [2.45, 2.75) is 12.8 Å². The number of hydrogen-bond acceptors (Lipinski definition) is 2. The number of nitrogens with zero attached hydrogens (tertiary/aromatic N) is 1. The molecule has 0 saturated carbocycles. The van der Waals surface area contributed by atoms with E-state index in [0.717, 1.165) is 5.69 Å². The predicted octanol–water partition coefficient (Wildman–Crippen LogP) is 2.04. The summed E-state index contributed by atoms with van der Waals surface area (Å²) in [6.45, 7) is 0.456. The second kappa shape index (κ2) is 4.03. The first-order valence-corrected chi connectivity index (χ1v) is 5.12. The van der Waals surface area contributed by atoms with E-state index < -0.39 is 0 Å². The molecule has 0 atom stereocenters. The van der Waals surface area contributed by atoms with E-state index in [4.69, 9.17) is 11.6 Å². The molecule has 0 radical (unpaired) electrons. The van der Waals surface area contributed by atoms with E-state index in [1.165, 1.54) is 0 Å². The Balaban J connectivity index is 2.24. The van der Waals surface area contributed by atoms with Gasteiger partial charge in [0.05, 0.1) is 6.42 Å². The van der Waals surface area contributed by atoms with Crippen LogP contribution in [0.5, 0.6) is 0 Å². The van der Waals surface area contributed by atoms with Crippen LogP contribution in [0.15, 0.2) is 24.3 Å². The maximum Gasteiger partial charge on any atom is 0.234 e. The zero-order chi connectivity index (χ0) is 10.8. The van der Waals surface area contributed by atoms with Crippen molar-refractivity contribution in [3.05, 3.63) is 29.3 Å². The molecule has 0 unspecified atom stereocenters. The summed E-state index contributed by atoms with van der Waals surface area (Å²) in [6.07, 6.45) is 0.435. The van der Waals surface area contributed by atoms with Crippen LogP contribution in [0, 0.1) is 0 Å². The molecule has 78 valence electrons. The van der Waals surface area contributed by atoms with Crippen LogP contribution in [0.1, 0.15) is 12.8 Å². The first-order valence-electron chi connectivity index (χ1n) is 4.74. The summed E-state index contributed by atoms with van der Waals surface area (Å²) < 4.78 is 0. The molecule has 0 N–H and O–H groups in total. The fourth-order valence-corrected chi connectivity index (χ4v) is 1.82. The van der Waals surface area contributed by atoms with E-state index >= 15 is 0 Å². The van der Waals surface area contributed by atoms with Crippen molar-refractivity contribution in [1.82, 2.24) is 0 Å². The molecular formula is C11H10ClNO2. The van der Waals surface area contributed by atoms with Gasteiger partial charge < -0.3 is 4.90 Å². The summed E-state index contributed by atoms with van der Waals surface area (Å²) in [5.41, 5.74) is 0.764. The minimum atomic E-state index is -0.145. The quantitative estimate of drug-likeness (QED) is 0.684. The molecular weight excluding hydrogens is 214 g/mol. The largest absolute Gasteiger partial charge is 0.312 e. The van der Waals surface area contributed by atoms with E-state index in [-0.39, 0.29) is 18.1 Å². The first kappa shape index (κ1) is 10.2. The summed E-state index contributed by atoms with van der Waals surface area (Å²) in [6, 6.07) is 7.10. The first-order chi connectivity index (χ1) is 7.16. The van der Waals surface area contributed by atoms with Gasteiger partial charge in [0.1, 0.15) is 5.78 Å². The van der Waals surface area contributed by atoms with Gasteiger partial charge in [-0.25, -0.2) is 0 Å². The highest BCUT2D eigenvalue weighted by Crippen LogP contribution is 2.22. The molecule has 1 aliphatic heterocycles. The molecule has 15 heavy (non-hydrogen) atoms. The van der Waals surface area contributed by atoms with Gasteiger partial charge in [-0.3, -0.25) is 9.59 Å². The molecule has 1 aromatic rings. The van der Waals surface area contributed by atoms with Crippen LogP contribution >= 0.6 is 11.6 Å². The van der Waals surface area contributed by atoms with Crippen molar-refractivity contribution in [2.75, 3.05) is 11.4 Å². The van der Waals surface area contributed by atoms with Gasteiger partial charge in [0.2, 0.25) is 5.91 Å². The lowest BCUT2D eigenvalue weighted by Crippen LogP contribution is -2.38. The van der Waals surface area contributed by atoms with Crippen molar-refractivity contribution in [3.8, 4) is 0 Å². The molecule has 0 bridgehead atoms. The number of benzene rings is 1. The monoisotopic (exact) mass is 223 g/mol. The summed E-state index contributed by atoms with van der Waals surface area (Å²) in [4.78, 5) is 24.2. The standard InChI is InChI=1S/C11H10ClNO2/c12-8-2-1-3-9(6-8)13-5-4-10(14)7-11(13)15/h1-3,6H,4-5,7H2. The van der Waals surface area contributed by atoms with Crippen molar-refractivity contribution >= 4 is 29.0 Å². The third-order valence-electron chi connectivity index (χ3n) is 2.38. The minimum absolute atomic E-state index is 0.00646. The van der Waals surface area contributed by atoms with Crippen LogP contribution in [0.2, 0.25) is 5.02 Å². The van der Waals surface area contributed by atoms with Crippen molar-refractivity contribution in [1.29, 1.82) is 0 Å². The van der Waals surface area contributed by atoms with Crippen LogP contribution in [0.4, 0.5) is 5.69 Å². The molecule has 1 saturated heterocycles. The van der Waals surface area contributed by atoms with Crippen molar-refractivity contribution in [2.24, 2.45) is 0 Å².